The standard InChI is InChI=1S/C16H22N2O5S/c19-16(15-2-1-9-23-15)17-12-13-3-5-14(6-4-13)24(20,21)18-7-10-22-11-8-18/h3-6,15H,1-2,7-12H2,(H,17,19)/t15-/m0/s1. The summed E-state index contributed by atoms with van der Waals surface area (Å²) in [5.41, 5.74) is 0.849. The van der Waals surface area contributed by atoms with Crippen LogP contribution >= 0.6 is 0 Å². The molecule has 2 heterocycles. The number of carbonyl (C=O) groups is 1. The second-order valence-electron chi connectivity index (χ2n) is 5.88. The molecule has 0 spiro atoms. The highest BCUT2D eigenvalue weighted by Crippen LogP contribution is 2.18. The van der Waals surface area contributed by atoms with E-state index in [1.54, 1.807) is 24.3 Å². The first-order valence-corrected chi connectivity index (χ1v) is 9.57. The van der Waals surface area contributed by atoms with E-state index in [1.165, 1.54) is 4.31 Å². The van der Waals surface area contributed by atoms with Crippen molar-refractivity contribution in [3.05, 3.63) is 29.8 Å². The molecule has 0 aromatic heterocycles. The van der Waals surface area contributed by atoms with Gasteiger partial charge in [-0.2, -0.15) is 4.31 Å². The van der Waals surface area contributed by atoms with Gasteiger partial charge in [-0.05, 0) is 30.5 Å². The number of morpholine rings is 1. The molecule has 1 aromatic rings. The van der Waals surface area contributed by atoms with Crippen molar-refractivity contribution >= 4 is 15.9 Å². The zero-order valence-electron chi connectivity index (χ0n) is 13.4. The molecule has 2 saturated heterocycles. The number of nitrogens with one attached hydrogen (secondary N) is 1. The van der Waals surface area contributed by atoms with E-state index in [4.69, 9.17) is 9.47 Å². The second-order valence-corrected chi connectivity index (χ2v) is 7.82. The Morgan fingerprint density at radius 2 is 1.88 bits per heavy atom. The van der Waals surface area contributed by atoms with Gasteiger partial charge in [0.2, 0.25) is 15.9 Å². The number of rotatable bonds is 5. The van der Waals surface area contributed by atoms with Crippen LogP contribution in [0.1, 0.15) is 18.4 Å². The Morgan fingerprint density at radius 3 is 2.50 bits per heavy atom. The van der Waals surface area contributed by atoms with Gasteiger partial charge < -0.3 is 14.8 Å². The SMILES string of the molecule is O=C(NCc1ccc(S(=O)(=O)N2CCOCC2)cc1)[C@@H]1CCCO1. The minimum absolute atomic E-state index is 0.113. The van der Waals surface area contributed by atoms with E-state index in [9.17, 15) is 13.2 Å². The Hall–Kier alpha value is -1.48. The third-order valence-electron chi connectivity index (χ3n) is 4.22. The fourth-order valence-electron chi connectivity index (χ4n) is 2.80. The minimum Gasteiger partial charge on any atom is -0.379 e. The molecule has 24 heavy (non-hydrogen) atoms. The first kappa shape index (κ1) is 17.3. The average Bonchev–Trinajstić information content (AvgIpc) is 3.15. The number of carbonyl (C=O) groups excluding carboxylic acids is 1. The van der Waals surface area contributed by atoms with E-state index in [2.05, 4.69) is 5.32 Å². The van der Waals surface area contributed by atoms with Crippen LogP contribution in [-0.4, -0.2) is 57.6 Å². The lowest BCUT2D eigenvalue weighted by Crippen LogP contribution is -2.40. The van der Waals surface area contributed by atoms with Crippen molar-refractivity contribution in [2.45, 2.75) is 30.4 Å². The molecule has 0 radical (unpaired) electrons. The van der Waals surface area contributed by atoms with E-state index < -0.39 is 10.0 Å². The predicted octanol–water partition coefficient (Wildman–Crippen LogP) is 0.503. The third kappa shape index (κ3) is 3.94. The molecule has 3 rings (SSSR count). The lowest BCUT2D eigenvalue weighted by atomic mass is 10.2. The van der Waals surface area contributed by atoms with E-state index in [0.29, 0.717) is 39.5 Å². The fraction of sp³-hybridized carbons (Fsp3) is 0.562. The van der Waals surface area contributed by atoms with Crippen molar-refractivity contribution in [2.24, 2.45) is 0 Å². The van der Waals surface area contributed by atoms with Gasteiger partial charge >= 0.3 is 0 Å². The monoisotopic (exact) mass is 354 g/mol. The van der Waals surface area contributed by atoms with Crippen molar-refractivity contribution in [3.63, 3.8) is 0 Å². The summed E-state index contributed by atoms with van der Waals surface area (Å²) in [5, 5.41) is 2.82. The number of ether oxygens (including phenoxy) is 2. The molecule has 2 aliphatic heterocycles. The molecular formula is C16H22N2O5S. The molecule has 2 aliphatic rings. The smallest absolute Gasteiger partial charge is 0.249 e. The molecule has 1 aromatic carbocycles. The summed E-state index contributed by atoms with van der Waals surface area (Å²) in [7, 11) is -3.48. The Bertz CT molecular complexity index is 662. The number of sulfonamides is 1. The first-order chi connectivity index (χ1) is 11.6. The lowest BCUT2D eigenvalue weighted by molar-refractivity contribution is -0.130. The number of nitrogens with zero attached hydrogens (tertiary/aromatic N) is 1. The summed E-state index contributed by atoms with van der Waals surface area (Å²) in [5.74, 6) is -0.113. The number of hydrogen-bond donors (Lipinski definition) is 1. The Morgan fingerprint density at radius 1 is 1.17 bits per heavy atom. The van der Waals surface area contributed by atoms with Crippen LogP contribution in [0.3, 0.4) is 0 Å². The quantitative estimate of drug-likeness (QED) is 0.832. The van der Waals surface area contributed by atoms with E-state index >= 15 is 0 Å². The van der Waals surface area contributed by atoms with Crippen molar-refractivity contribution in [3.8, 4) is 0 Å². The first-order valence-electron chi connectivity index (χ1n) is 8.13. The largest absolute Gasteiger partial charge is 0.379 e. The van der Waals surface area contributed by atoms with Gasteiger partial charge in [-0.15, -0.1) is 0 Å². The van der Waals surface area contributed by atoms with E-state index in [0.717, 1.165) is 18.4 Å². The van der Waals surface area contributed by atoms with Crippen LogP contribution in [0.4, 0.5) is 0 Å². The molecule has 0 saturated carbocycles. The highest BCUT2D eigenvalue weighted by Gasteiger charge is 2.26. The van der Waals surface area contributed by atoms with Crippen molar-refractivity contribution in [1.82, 2.24) is 9.62 Å². The van der Waals surface area contributed by atoms with Crippen LogP contribution in [0, 0.1) is 0 Å². The van der Waals surface area contributed by atoms with Gasteiger partial charge in [0.1, 0.15) is 6.10 Å². The van der Waals surface area contributed by atoms with Gasteiger partial charge in [0.05, 0.1) is 18.1 Å². The molecule has 8 heteroatoms. The van der Waals surface area contributed by atoms with Gasteiger partial charge in [0.25, 0.3) is 0 Å². The maximum atomic E-state index is 12.5. The zero-order chi connectivity index (χ0) is 17.0. The normalized spacial score (nSPS) is 22.4. The van der Waals surface area contributed by atoms with Crippen molar-refractivity contribution in [1.29, 1.82) is 0 Å². The molecule has 2 fully saturated rings. The summed E-state index contributed by atoms with van der Waals surface area (Å²) < 4.78 is 37.0. The van der Waals surface area contributed by atoms with Crippen LogP contribution < -0.4 is 5.32 Å². The molecule has 1 N–H and O–H groups in total. The average molecular weight is 354 g/mol. The summed E-state index contributed by atoms with van der Waals surface area (Å²) in [6.07, 6.45) is 1.31. The molecular weight excluding hydrogens is 332 g/mol. The van der Waals surface area contributed by atoms with Gasteiger partial charge in [-0.1, -0.05) is 12.1 Å². The lowest BCUT2D eigenvalue weighted by Gasteiger charge is -2.26. The topological polar surface area (TPSA) is 84.9 Å². The van der Waals surface area contributed by atoms with Crippen molar-refractivity contribution in [2.75, 3.05) is 32.9 Å². The fourth-order valence-corrected chi connectivity index (χ4v) is 4.21. The van der Waals surface area contributed by atoms with Crippen LogP contribution in [-0.2, 0) is 30.8 Å². The molecule has 0 unspecified atom stereocenters. The molecule has 1 atom stereocenters. The maximum absolute atomic E-state index is 12.5. The Kier molecular flexibility index (Phi) is 5.50. The number of benzene rings is 1. The molecule has 7 nitrogen and oxygen atoms in total. The summed E-state index contributed by atoms with van der Waals surface area (Å²) in [6, 6.07) is 6.61. The van der Waals surface area contributed by atoms with Crippen LogP contribution in [0.5, 0.6) is 0 Å². The van der Waals surface area contributed by atoms with E-state index in [-0.39, 0.29) is 16.9 Å². The number of amides is 1. The zero-order valence-corrected chi connectivity index (χ0v) is 14.3. The van der Waals surface area contributed by atoms with Crippen LogP contribution in [0.2, 0.25) is 0 Å². The minimum atomic E-state index is -3.48. The Labute approximate surface area is 142 Å². The molecule has 0 aliphatic carbocycles. The summed E-state index contributed by atoms with van der Waals surface area (Å²) in [6.45, 7) is 2.59. The van der Waals surface area contributed by atoms with Crippen molar-refractivity contribution < 1.29 is 22.7 Å². The summed E-state index contributed by atoms with van der Waals surface area (Å²) in [4.78, 5) is 12.2. The highest BCUT2D eigenvalue weighted by atomic mass is 32.2. The van der Waals surface area contributed by atoms with Crippen LogP contribution in [0.25, 0.3) is 0 Å². The summed E-state index contributed by atoms with van der Waals surface area (Å²) >= 11 is 0. The predicted molar refractivity (Wildman–Crippen MR) is 86.8 cm³/mol. The van der Waals surface area contributed by atoms with Crippen LogP contribution in [0.15, 0.2) is 29.2 Å². The van der Waals surface area contributed by atoms with Gasteiger partial charge in [-0.25, -0.2) is 8.42 Å². The van der Waals surface area contributed by atoms with Gasteiger partial charge in [0, 0.05) is 26.2 Å². The second kappa shape index (κ2) is 7.60. The highest BCUT2D eigenvalue weighted by molar-refractivity contribution is 7.89. The van der Waals surface area contributed by atoms with E-state index in [1.807, 2.05) is 0 Å². The van der Waals surface area contributed by atoms with Gasteiger partial charge in [-0.3, -0.25) is 4.79 Å². The number of hydrogen-bond acceptors (Lipinski definition) is 5. The molecule has 132 valence electrons. The molecule has 0 bridgehead atoms. The Balaban J connectivity index is 1.59. The van der Waals surface area contributed by atoms with Gasteiger partial charge in [0.15, 0.2) is 0 Å². The third-order valence-corrected chi connectivity index (χ3v) is 6.13. The molecule has 1 amide bonds. The maximum Gasteiger partial charge on any atom is 0.249 e.